The molecule has 0 saturated heterocycles. The highest BCUT2D eigenvalue weighted by Crippen LogP contribution is 2.27. The number of halogens is 3. The third kappa shape index (κ3) is 2.60. The molecule has 4 nitrogen and oxygen atoms in total. The number of aromatic nitrogens is 1. The number of hydrogen-bond donors (Lipinski definition) is 0. The molecule has 0 saturated carbocycles. The van der Waals surface area contributed by atoms with Gasteiger partial charge in [0.05, 0.1) is 5.52 Å². The number of alkyl halides is 3. The maximum atomic E-state index is 12.2. The summed E-state index contributed by atoms with van der Waals surface area (Å²) in [5, 5.41) is 0.624. The van der Waals surface area contributed by atoms with Gasteiger partial charge in [-0.2, -0.15) is 21.6 Å². The number of pyridine rings is 1. The fraction of sp³-hybridized carbons (Fsp3) is 0.0833. The number of nitrogens with zero attached hydrogens (tertiary/aromatic N) is 1. The van der Waals surface area contributed by atoms with Gasteiger partial charge in [0.25, 0.3) is 0 Å². The Morgan fingerprint density at radius 2 is 1.90 bits per heavy atom. The highest BCUT2D eigenvalue weighted by Gasteiger charge is 2.48. The summed E-state index contributed by atoms with van der Waals surface area (Å²) in [4.78, 5) is 3.77. The van der Waals surface area contributed by atoms with Crippen molar-refractivity contribution in [3.05, 3.63) is 42.5 Å². The van der Waals surface area contributed by atoms with Crippen molar-refractivity contribution in [1.29, 1.82) is 0 Å². The van der Waals surface area contributed by atoms with Crippen molar-refractivity contribution in [2.75, 3.05) is 0 Å². The second-order valence-electron chi connectivity index (χ2n) is 3.76. The highest BCUT2D eigenvalue weighted by atomic mass is 32.2. The molecule has 0 atom stereocenters. The van der Waals surface area contributed by atoms with Gasteiger partial charge in [0, 0.05) is 17.0 Å². The van der Waals surface area contributed by atoms with Crippen LogP contribution in [-0.4, -0.2) is 18.9 Å². The van der Waals surface area contributed by atoms with Gasteiger partial charge >= 0.3 is 15.6 Å². The normalized spacial score (nSPS) is 12.3. The fourth-order valence-electron chi connectivity index (χ4n) is 1.52. The topological polar surface area (TPSA) is 56.3 Å². The van der Waals surface area contributed by atoms with Crippen LogP contribution in [0.25, 0.3) is 17.0 Å². The van der Waals surface area contributed by atoms with Crippen molar-refractivity contribution in [3.63, 3.8) is 0 Å². The zero-order valence-corrected chi connectivity index (χ0v) is 10.7. The lowest BCUT2D eigenvalue weighted by atomic mass is 10.1. The minimum absolute atomic E-state index is 0.303. The number of hydrogen-bond acceptors (Lipinski definition) is 4. The molecular formula is C12H8F3NO3S. The number of rotatable bonds is 3. The third-order valence-electron chi connectivity index (χ3n) is 2.42. The monoisotopic (exact) mass is 303 g/mol. The molecule has 2 rings (SSSR count). The summed E-state index contributed by atoms with van der Waals surface area (Å²) in [6, 6.07) is 7.50. The number of fused-ring (bicyclic) bond motifs is 1. The van der Waals surface area contributed by atoms with Crippen LogP contribution in [0.3, 0.4) is 0 Å². The van der Waals surface area contributed by atoms with E-state index in [2.05, 4.69) is 15.7 Å². The summed E-state index contributed by atoms with van der Waals surface area (Å²) >= 11 is 0. The zero-order valence-electron chi connectivity index (χ0n) is 9.89. The first-order chi connectivity index (χ1) is 9.24. The van der Waals surface area contributed by atoms with Crippen LogP contribution in [0.4, 0.5) is 13.2 Å². The van der Waals surface area contributed by atoms with Gasteiger partial charge in [0.2, 0.25) is 5.88 Å². The Balaban J connectivity index is 2.50. The zero-order chi connectivity index (χ0) is 15.0. The largest absolute Gasteiger partial charge is 0.534 e. The molecule has 1 heterocycles. The Morgan fingerprint density at radius 3 is 2.50 bits per heavy atom. The minimum atomic E-state index is -5.73. The molecule has 0 unspecified atom stereocenters. The van der Waals surface area contributed by atoms with Gasteiger partial charge in [0.15, 0.2) is 0 Å². The second-order valence-corrected chi connectivity index (χ2v) is 5.29. The minimum Gasteiger partial charge on any atom is -0.355 e. The van der Waals surface area contributed by atoms with E-state index in [4.69, 9.17) is 0 Å². The first-order valence-electron chi connectivity index (χ1n) is 5.27. The van der Waals surface area contributed by atoms with Crippen LogP contribution in [0.15, 0.2) is 36.9 Å². The molecule has 0 aliphatic heterocycles. The van der Waals surface area contributed by atoms with Crippen molar-refractivity contribution < 1.29 is 25.8 Å². The molecule has 0 aliphatic rings. The predicted octanol–water partition coefficient (Wildman–Crippen LogP) is 3.11. The summed E-state index contributed by atoms with van der Waals surface area (Å²) in [7, 11) is -5.73. The van der Waals surface area contributed by atoms with Gasteiger partial charge in [-0.1, -0.05) is 30.9 Å². The molecule has 1 aromatic heterocycles. The quantitative estimate of drug-likeness (QED) is 0.646. The lowest BCUT2D eigenvalue weighted by Crippen LogP contribution is -2.28. The Hall–Kier alpha value is -2.09. The third-order valence-corrected chi connectivity index (χ3v) is 3.38. The van der Waals surface area contributed by atoms with E-state index in [1.165, 1.54) is 12.1 Å². The molecule has 0 aliphatic carbocycles. The van der Waals surface area contributed by atoms with Gasteiger partial charge in [-0.3, -0.25) is 0 Å². The van der Waals surface area contributed by atoms with Gasteiger partial charge in [0.1, 0.15) is 0 Å². The Kier molecular flexibility index (Phi) is 3.43. The number of benzene rings is 1. The molecule has 20 heavy (non-hydrogen) atoms. The highest BCUT2D eigenvalue weighted by molar-refractivity contribution is 7.87. The van der Waals surface area contributed by atoms with E-state index in [1.54, 1.807) is 18.2 Å². The summed E-state index contributed by atoms with van der Waals surface area (Å²) in [6.07, 6.45) is 1.46. The molecule has 0 N–H and O–H groups in total. The Labute approximate surface area is 112 Å². The molecule has 1 aromatic carbocycles. The molecule has 106 valence electrons. The second kappa shape index (κ2) is 4.78. The van der Waals surface area contributed by atoms with Crippen LogP contribution in [-0.2, 0) is 10.1 Å². The predicted molar refractivity (Wildman–Crippen MR) is 67.4 cm³/mol. The Bertz CT molecular complexity index is 769. The van der Waals surface area contributed by atoms with E-state index in [0.29, 0.717) is 16.5 Å². The van der Waals surface area contributed by atoms with E-state index >= 15 is 0 Å². The standard InChI is InChI=1S/C12H8F3NO3S/c1-2-8-4-3-5-9-6-7-10(16-11(8)9)19-20(17,18)12(13,14)15/h2-7H,1H2. The van der Waals surface area contributed by atoms with Gasteiger partial charge in [-0.25, -0.2) is 4.98 Å². The molecule has 0 amide bonds. The van der Waals surface area contributed by atoms with Crippen LogP contribution in [0, 0.1) is 0 Å². The molecule has 8 heteroatoms. The summed E-state index contributed by atoms with van der Waals surface area (Å²) in [5.41, 5.74) is -4.64. The van der Waals surface area contributed by atoms with Crippen molar-refractivity contribution in [2.45, 2.75) is 5.51 Å². The van der Waals surface area contributed by atoms with Crippen LogP contribution < -0.4 is 4.18 Å². The first-order valence-corrected chi connectivity index (χ1v) is 6.68. The van der Waals surface area contributed by atoms with Crippen molar-refractivity contribution >= 4 is 27.1 Å². The summed E-state index contributed by atoms with van der Waals surface area (Å²) in [6.45, 7) is 3.55. The first kappa shape index (κ1) is 14.3. The van der Waals surface area contributed by atoms with Gasteiger partial charge < -0.3 is 4.18 Å². The lowest BCUT2D eigenvalue weighted by molar-refractivity contribution is -0.0501. The molecule has 0 spiro atoms. The smallest absolute Gasteiger partial charge is 0.355 e. The van der Waals surface area contributed by atoms with Crippen LogP contribution >= 0.6 is 0 Å². The average Bonchev–Trinajstić information content (AvgIpc) is 2.36. The van der Waals surface area contributed by atoms with Crippen molar-refractivity contribution in [3.8, 4) is 5.88 Å². The van der Waals surface area contributed by atoms with Gasteiger partial charge in [-0.05, 0) is 6.07 Å². The molecule has 0 fully saturated rings. The Morgan fingerprint density at radius 1 is 1.20 bits per heavy atom. The number of para-hydroxylation sites is 1. The van der Waals surface area contributed by atoms with E-state index in [9.17, 15) is 21.6 Å². The molecular weight excluding hydrogens is 295 g/mol. The van der Waals surface area contributed by atoms with Gasteiger partial charge in [-0.15, -0.1) is 0 Å². The van der Waals surface area contributed by atoms with Crippen molar-refractivity contribution in [2.24, 2.45) is 0 Å². The van der Waals surface area contributed by atoms with Crippen LogP contribution in [0.5, 0.6) is 5.88 Å². The summed E-state index contributed by atoms with van der Waals surface area (Å²) < 4.78 is 62.4. The summed E-state index contributed by atoms with van der Waals surface area (Å²) in [5.74, 6) is -0.649. The van der Waals surface area contributed by atoms with E-state index in [1.807, 2.05) is 0 Å². The lowest BCUT2D eigenvalue weighted by Gasteiger charge is -2.09. The SMILES string of the molecule is C=Cc1cccc2ccc(OS(=O)(=O)C(F)(F)F)nc12. The average molecular weight is 303 g/mol. The van der Waals surface area contributed by atoms with E-state index in [-0.39, 0.29) is 0 Å². The van der Waals surface area contributed by atoms with Crippen LogP contribution in [0.1, 0.15) is 5.56 Å². The van der Waals surface area contributed by atoms with E-state index < -0.39 is 21.5 Å². The van der Waals surface area contributed by atoms with E-state index in [0.717, 1.165) is 6.07 Å². The molecule has 0 radical (unpaired) electrons. The molecule has 2 aromatic rings. The maximum Gasteiger partial charge on any atom is 0.534 e. The van der Waals surface area contributed by atoms with Crippen molar-refractivity contribution in [1.82, 2.24) is 4.98 Å². The maximum absolute atomic E-state index is 12.2. The molecule has 0 bridgehead atoms. The fourth-order valence-corrected chi connectivity index (χ4v) is 1.93. The van der Waals surface area contributed by atoms with Crippen LogP contribution in [0.2, 0.25) is 0 Å².